The molecule has 1 rings (SSSR count). The van der Waals surface area contributed by atoms with Crippen LogP contribution in [0.5, 0.6) is 0 Å². The molecule has 0 N–H and O–H groups in total. The van der Waals surface area contributed by atoms with Crippen LogP contribution < -0.4 is 0 Å². The van der Waals surface area contributed by atoms with Gasteiger partial charge in [-0.2, -0.15) is 0 Å². The Morgan fingerprint density at radius 3 is 2.25 bits per heavy atom. The van der Waals surface area contributed by atoms with Gasteiger partial charge < -0.3 is 9.80 Å². The zero-order chi connectivity index (χ0) is 11.8. The van der Waals surface area contributed by atoms with Crippen molar-refractivity contribution < 1.29 is 0 Å². The van der Waals surface area contributed by atoms with Gasteiger partial charge in [-0.3, -0.25) is 0 Å². The average Bonchev–Trinajstić information content (AvgIpc) is 2.68. The van der Waals surface area contributed by atoms with E-state index in [0.717, 1.165) is 6.54 Å². The Labute approximate surface area is 101 Å². The van der Waals surface area contributed by atoms with Crippen molar-refractivity contribution in [3.05, 3.63) is 12.4 Å². The van der Waals surface area contributed by atoms with Crippen LogP contribution in [-0.4, -0.2) is 29.1 Å². The SMILES string of the molecule is CCCCCCC1N(CC)C=CN1CCC. The largest absolute Gasteiger partial charge is 0.356 e. The van der Waals surface area contributed by atoms with E-state index in [0.29, 0.717) is 6.17 Å². The van der Waals surface area contributed by atoms with Crippen molar-refractivity contribution in [1.29, 1.82) is 0 Å². The summed E-state index contributed by atoms with van der Waals surface area (Å²) in [6.45, 7) is 9.12. The summed E-state index contributed by atoms with van der Waals surface area (Å²) < 4.78 is 0. The maximum atomic E-state index is 2.51. The quantitative estimate of drug-likeness (QED) is 0.579. The van der Waals surface area contributed by atoms with Gasteiger partial charge in [0.2, 0.25) is 0 Å². The number of hydrogen-bond donors (Lipinski definition) is 0. The van der Waals surface area contributed by atoms with Crippen LogP contribution in [0.2, 0.25) is 0 Å². The van der Waals surface area contributed by atoms with Gasteiger partial charge in [-0.15, -0.1) is 0 Å². The molecular weight excluding hydrogens is 196 g/mol. The minimum Gasteiger partial charge on any atom is -0.356 e. The molecular formula is C14H28N2. The highest BCUT2D eigenvalue weighted by atomic mass is 15.4. The van der Waals surface area contributed by atoms with Gasteiger partial charge in [0.05, 0.1) is 0 Å². The van der Waals surface area contributed by atoms with Crippen molar-refractivity contribution in [2.75, 3.05) is 13.1 Å². The van der Waals surface area contributed by atoms with Crippen LogP contribution in [0.4, 0.5) is 0 Å². The highest BCUT2D eigenvalue weighted by Crippen LogP contribution is 2.21. The fourth-order valence-corrected chi connectivity index (χ4v) is 2.44. The van der Waals surface area contributed by atoms with E-state index in [2.05, 4.69) is 43.0 Å². The fraction of sp³-hybridized carbons (Fsp3) is 0.857. The van der Waals surface area contributed by atoms with Crippen LogP contribution in [0.25, 0.3) is 0 Å². The van der Waals surface area contributed by atoms with Crippen LogP contribution in [0.1, 0.15) is 59.3 Å². The molecule has 0 aromatic rings. The molecule has 0 bridgehead atoms. The molecule has 0 fully saturated rings. The highest BCUT2D eigenvalue weighted by Gasteiger charge is 2.23. The molecule has 0 aromatic carbocycles. The van der Waals surface area contributed by atoms with E-state index in [1.807, 2.05) is 0 Å². The van der Waals surface area contributed by atoms with E-state index in [-0.39, 0.29) is 0 Å². The summed E-state index contributed by atoms with van der Waals surface area (Å²) in [7, 11) is 0. The highest BCUT2D eigenvalue weighted by molar-refractivity contribution is 4.96. The molecule has 1 aliphatic heterocycles. The Bertz CT molecular complexity index is 201. The first-order valence-electron chi connectivity index (χ1n) is 7.03. The van der Waals surface area contributed by atoms with Gasteiger partial charge in [-0.05, 0) is 26.2 Å². The summed E-state index contributed by atoms with van der Waals surface area (Å²) in [5.41, 5.74) is 0. The van der Waals surface area contributed by atoms with E-state index < -0.39 is 0 Å². The molecule has 16 heavy (non-hydrogen) atoms. The first kappa shape index (κ1) is 13.4. The summed E-state index contributed by atoms with van der Waals surface area (Å²) in [6, 6.07) is 0. The zero-order valence-electron chi connectivity index (χ0n) is 11.3. The molecule has 0 aliphatic carbocycles. The Kier molecular flexibility index (Phi) is 6.36. The topological polar surface area (TPSA) is 6.48 Å². The number of unbranched alkanes of at least 4 members (excludes halogenated alkanes) is 3. The summed E-state index contributed by atoms with van der Waals surface area (Å²) in [5.74, 6) is 0. The van der Waals surface area contributed by atoms with Crippen molar-refractivity contribution in [1.82, 2.24) is 9.80 Å². The Balaban J connectivity index is 2.33. The van der Waals surface area contributed by atoms with Crippen molar-refractivity contribution in [2.24, 2.45) is 0 Å². The first-order chi connectivity index (χ1) is 7.83. The Morgan fingerprint density at radius 2 is 1.62 bits per heavy atom. The lowest BCUT2D eigenvalue weighted by Gasteiger charge is -2.32. The third-order valence-electron chi connectivity index (χ3n) is 3.38. The molecule has 0 saturated heterocycles. The van der Waals surface area contributed by atoms with E-state index in [1.165, 1.54) is 45.1 Å². The maximum absolute atomic E-state index is 2.51. The second-order valence-electron chi connectivity index (χ2n) is 4.70. The predicted octanol–water partition coefficient (Wildman–Crippen LogP) is 3.80. The van der Waals surface area contributed by atoms with E-state index in [9.17, 15) is 0 Å². The van der Waals surface area contributed by atoms with Gasteiger partial charge in [0.25, 0.3) is 0 Å². The lowest BCUT2D eigenvalue weighted by molar-refractivity contribution is 0.144. The molecule has 2 nitrogen and oxygen atoms in total. The molecule has 94 valence electrons. The molecule has 0 saturated carbocycles. The Morgan fingerprint density at radius 1 is 0.875 bits per heavy atom. The normalized spacial score (nSPS) is 19.8. The summed E-state index contributed by atoms with van der Waals surface area (Å²) in [6.07, 6.45) is 13.2. The molecule has 0 aromatic heterocycles. The molecule has 0 amide bonds. The van der Waals surface area contributed by atoms with Gasteiger partial charge in [-0.1, -0.05) is 33.1 Å². The van der Waals surface area contributed by atoms with E-state index in [1.54, 1.807) is 0 Å². The van der Waals surface area contributed by atoms with Crippen LogP contribution in [0.3, 0.4) is 0 Å². The lowest BCUT2D eigenvalue weighted by Crippen LogP contribution is -2.38. The van der Waals surface area contributed by atoms with Gasteiger partial charge in [0.15, 0.2) is 0 Å². The maximum Gasteiger partial charge on any atom is 0.101 e. The third kappa shape index (κ3) is 3.73. The Hall–Kier alpha value is -0.660. The van der Waals surface area contributed by atoms with Crippen molar-refractivity contribution >= 4 is 0 Å². The summed E-state index contributed by atoms with van der Waals surface area (Å²) >= 11 is 0. The van der Waals surface area contributed by atoms with Gasteiger partial charge in [-0.25, -0.2) is 0 Å². The van der Waals surface area contributed by atoms with E-state index in [4.69, 9.17) is 0 Å². The fourth-order valence-electron chi connectivity index (χ4n) is 2.44. The monoisotopic (exact) mass is 224 g/mol. The van der Waals surface area contributed by atoms with Crippen LogP contribution in [-0.2, 0) is 0 Å². The number of nitrogens with zero attached hydrogens (tertiary/aromatic N) is 2. The first-order valence-corrected chi connectivity index (χ1v) is 7.03. The molecule has 1 unspecified atom stereocenters. The molecule has 1 heterocycles. The van der Waals surface area contributed by atoms with Gasteiger partial charge in [0, 0.05) is 25.5 Å². The third-order valence-corrected chi connectivity index (χ3v) is 3.38. The minimum absolute atomic E-state index is 0.641. The predicted molar refractivity (Wildman–Crippen MR) is 71.1 cm³/mol. The smallest absolute Gasteiger partial charge is 0.101 e. The molecule has 0 radical (unpaired) electrons. The van der Waals surface area contributed by atoms with Gasteiger partial charge in [0.1, 0.15) is 6.17 Å². The summed E-state index contributed by atoms with van der Waals surface area (Å²) in [5, 5.41) is 0. The average molecular weight is 224 g/mol. The minimum atomic E-state index is 0.641. The van der Waals surface area contributed by atoms with Crippen LogP contribution >= 0.6 is 0 Å². The lowest BCUT2D eigenvalue weighted by atomic mass is 10.1. The van der Waals surface area contributed by atoms with Crippen LogP contribution in [0, 0.1) is 0 Å². The van der Waals surface area contributed by atoms with Crippen molar-refractivity contribution in [3.8, 4) is 0 Å². The number of rotatable bonds is 8. The molecule has 1 atom stereocenters. The zero-order valence-corrected chi connectivity index (χ0v) is 11.3. The second kappa shape index (κ2) is 7.59. The van der Waals surface area contributed by atoms with Gasteiger partial charge >= 0.3 is 0 Å². The van der Waals surface area contributed by atoms with E-state index >= 15 is 0 Å². The standard InChI is InChI=1S/C14H28N2/c1-4-7-8-9-10-14-15(6-3)12-13-16(14)11-5-2/h12-14H,4-11H2,1-3H3. The van der Waals surface area contributed by atoms with Crippen LogP contribution in [0.15, 0.2) is 12.4 Å². The molecule has 0 spiro atoms. The summed E-state index contributed by atoms with van der Waals surface area (Å²) in [4.78, 5) is 4.98. The van der Waals surface area contributed by atoms with Crippen molar-refractivity contribution in [2.45, 2.75) is 65.5 Å². The molecule has 1 aliphatic rings. The molecule has 2 heteroatoms. The number of hydrogen-bond acceptors (Lipinski definition) is 2. The second-order valence-corrected chi connectivity index (χ2v) is 4.70. The van der Waals surface area contributed by atoms with Crippen molar-refractivity contribution in [3.63, 3.8) is 0 Å².